The second kappa shape index (κ2) is 7.10. The largest absolute Gasteiger partial charge is 0.442 e. The van der Waals surface area contributed by atoms with Crippen LogP contribution >= 0.6 is 11.9 Å². The SMILES string of the molecule is CN1SC[C@@](C)(c2cc([N+](=O)[O-])ccc2F)N/C1=N\C(=O)OC(C)(C)C. The highest BCUT2D eigenvalue weighted by Gasteiger charge is 2.37. The van der Waals surface area contributed by atoms with Gasteiger partial charge in [0.05, 0.1) is 10.5 Å². The molecule has 1 fully saturated rings. The molecule has 1 atom stereocenters. The number of nitrogens with one attached hydrogen (secondary N) is 1. The van der Waals surface area contributed by atoms with E-state index in [1.165, 1.54) is 18.0 Å². The number of benzene rings is 1. The van der Waals surface area contributed by atoms with Crippen LogP contribution in [0.3, 0.4) is 0 Å². The summed E-state index contributed by atoms with van der Waals surface area (Å²) in [5.74, 6) is -0.00848. The average molecular weight is 384 g/mol. The van der Waals surface area contributed by atoms with E-state index in [9.17, 15) is 19.3 Å². The number of nitrogens with zero attached hydrogens (tertiary/aromatic N) is 3. The molecular formula is C16H21FN4O4S. The fourth-order valence-electron chi connectivity index (χ4n) is 2.31. The lowest BCUT2D eigenvalue weighted by atomic mass is 9.93. The van der Waals surface area contributed by atoms with Crippen molar-refractivity contribution in [1.82, 2.24) is 9.62 Å². The highest BCUT2D eigenvalue weighted by Crippen LogP contribution is 2.34. The number of aliphatic imine (C=N–C) groups is 1. The number of hydrogen-bond donors (Lipinski definition) is 1. The van der Waals surface area contributed by atoms with Gasteiger partial charge in [0.25, 0.3) is 5.69 Å². The Morgan fingerprint density at radius 1 is 1.50 bits per heavy atom. The predicted octanol–water partition coefficient (Wildman–Crippen LogP) is 3.42. The molecule has 1 aromatic carbocycles. The molecule has 1 aliphatic rings. The Kier molecular flexibility index (Phi) is 5.45. The Hall–Kier alpha value is -2.36. The smallest absolute Gasteiger partial charge is 0.437 e. The number of non-ortho nitro benzene ring substituents is 1. The summed E-state index contributed by atoms with van der Waals surface area (Å²) in [4.78, 5) is 26.3. The first kappa shape index (κ1) is 20.0. The van der Waals surface area contributed by atoms with Gasteiger partial charge < -0.3 is 10.1 Å². The summed E-state index contributed by atoms with van der Waals surface area (Å²) in [6.45, 7) is 6.86. The number of carbonyl (C=O) groups excluding carboxylic acids is 1. The van der Waals surface area contributed by atoms with Crippen LogP contribution in [0.5, 0.6) is 0 Å². The van der Waals surface area contributed by atoms with Gasteiger partial charge in [-0.15, -0.1) is 4.99 Å². The Morgan fingerprint density at radius 2 is 2.15 bits per heavy atom. The van der Waals surface area contributed by atoms with E-state index in [0.717, 1.165) is 12.1 Å². The molecule has 26 heavy (non-hydrogen) atoms. The summed E-state index contributed by atoms with van der Waals surface area (Å²) < 4.78 is 21.2. The Morgan fingerprint density at radius 3 is 2.73 bits per heavy atom. The van der Waals surface area contributed by atoms with Crippen molar-refractivity contribution in [2.75, 3.05) is 12.8 Å². The van der Waals surface area contributed by atoms with Crippen LogP contribution in [-0.2, 0) is 10.3 Å². The maximum Gasteiger partial charge on any atom is 0.437 e. The van der Waals surface area contributed by atoms with Gasteiger partial charge >= 0.3 is 6.09 Å². The van der Waals surface area contributed by atoms with E-state index in [1.54, 1.807) is 39.0 Å². The number of hydrogen-bond acceptors (Lipinski definition) is 5. The Labute approximate surface area is 155 Å². The minimum absolute atomic E-state index is 0.129. The first-order valence-electron chi connectivity index (χ1n) is 7.82. The van der Waals surface area contributed by atoms with Gasteiger partial charge in [-0.1, -0.05) is 0 Å². The fraction of sp³-hybridized carbons (Fsp3) is 0.500. The van der Waals surface area contributed by atoms with Gasteiger partial charge in [0.2, 0.25) is 5.96 Å². The van der Waals surface area contributed by atoms with Crippen LogP contribution in [0.2, 0.25) is 0 Å². The van der Waals surface area contributed by atoms with E-state index in [0.29, 0.717) is 5.75 Å². The van der Waals surface area contributed by atoms with Crippen molar-refractivity contribution in [2.45, 2.75) is 38.8 Å². The van der Waals surface area contributed by atoms with Crippen molar-refractivity contribution in [1.29, 1.82) is 0 Å². The van der Waals surface area contributed by atoms with Crippen molar-refractivity contribution in [3.05, 3.63) is 39.7 Å². The summed E-state index contributed by atoms with van der Waals surface area (Å²) in [5, 5.41) is 14.0. The maximum absolute atomic E-state index is 14.4. The van der Waals surface area contributed by atoms with Crippen molar-refractivity contribution < 1.29 is 18.8 Å². The Bertz CT molecular complexity index is 765. The lowest BCUT2D eigenvalue weighted by Crippen LogP contribution is -2.55. The van der Waals surface area contributed by atoms with Gasteiger partial charge in [-0.3, -0.25) is 14.4 Å². The zero-order chi connectivity index (χ0) is 19.7. The Balaban J connectivity index is 2.35. The second-order valence-electron chi connectivity index (χ2n) is 7.07. The number of ether oxygens (including phenoxy) is 1. The molecule has 10 heteroatoms. The summed E-state index contributed by atoms with van der Waals surface area (Å²) in [5.41, 5.74) is -1.77. The number of rotatable bonds is 2. The second-order valence-corrected chi connectivity index (χ2v) is 8.16. The lowest BCUT2D eigenvalue weighted by molar-refractivity contribution is -0.385. The van der Waals surface area contributed by atoms with Gasteiger partial charge in [-0.25, -0.2) is 9.18 Å². The van der Waals surface area contributed by atoms with Crippen molar-refractivity contribution in [3.63, 3.8) is 0 Å². The van der Waals surface area contributed by atoms with E-state index in [-0.39, 0.29) is 17.2 Å². The molecule has 2 rings (SSSR count). The van der Waals surface area contributed by atoms with Gasteiger partial charge in [-0.05, 0) is 45.7 Å². The molecular weight excluding hydrogens is 363 g/mol. The predicted molar refractivity (Wildman–Crippen MR) is 97.4 cm³/mol. The van der Waals surface area contributed by atoms with E-state index in [2.05, 4.69) is 10.3 Å². The lowest BCUT2D eigenvalue weighted by Gasteiger charge is -2.40. The molecule has 0 bridgehead atoms. The third-order valence-electron chi connectivity index (χ3n) is 3.58. The van der Waals surface area contributed by atoms with Gasteiger partial charge in [-0.2, -0.15) is 0 Å². The summed E-state index contributed by atoms with van der Waals surface area (Å²) in [6.07, 6.45) is -0.781. The summed E-state index contributed by atoms with van der Waals surface area (Å²) in [7, 11) is 1.70. The van der Waals surface area contributed by atoms with Crippen molar-refractivity contribution >= 4 is 29.7 Å². The molecule has 0 spiro atoms. The number of guanidine groups is 1. The molecule has 0 unspecified atom stereocenters. The molecule has 142 valence electrons. The van der Waals surface area contributed by atoms with E-state index >= 15 is 0 Å². The number of nitro groups is 1. The van der Waals surface area contributed by atoms with Crippen molar-refractivity contribution in [3.8, 4) is 0 Å². The molecule has 0 radical (unpaired) electrons. The molecule has 1 aliphatic heterocycles. The molecule has 1 N–H and O–H groups in total. The molecule has 0 saturated carbocycles. The number of nitro benzene ring substituents is 1. The normalized spacial score (nSPS) is 22.1. The van der Waals surface area contributed by atoms with E-state index in [4.69, 9.17) is 4.74 Å². The third-order valence-corrected chi connectivity index (χ3v) is 4.85. The minimum Gasteiger partial charge on any atom is -0.442 e. The quantitative estimate of drug-likeness (QED) is 0.474. The van der Waals surface area contributed by atoms with Crippen LogP contribution in [0.25, 0.3) is 0 Å². The minimum atomic E-state index is -0.992. The molecule has 1 aromatic rings. The summed E-state index contributed by atoms with van der Waals surface area (Å²) in [6, 6.07) is 3.37. The maximum atomic E-state index is 14.4. The molecule has 1 heterocycles. The van der Waals surface area contributed by atoms with E-state index < -0.39 is 28.0 Å². The molecule has 8 nitrogen and oxygen atoms in total. The van der Waals surface area contributed by atoms with Crippen LogP contribution in [0.1, 0.15) is 33.3 Å². The number of amides is 1. The zero-order valence-electron chi connectivity index (χ0n) is 15.2. The zero-order valence-corrected chi connectivity index (χ0v) is 16.0. The highest BCUT2D eigenvalue weighted by molar-refractivity contribution is 7.97. The van der Waals surface area contributed by atoms with Crippen LogP contribution in [0.15, 0.2) is 23.2 Å². The topological polar surface area (TPSA) is 97.1 Å². The van der Waals surface area contributed by atoms with Crippen LogP contribution < -0.4 is 5.32 Å². The van der Waals surface area contributed by atoms with Gasteiger partial charge in [0.15, 0.2) is 0 Å². The average Bonchev–Trinajstić information content (AvgIpc) is 2.49. The highest BCUT2D eigenvalue weighted by atomic mass is 32.2. The number of halogens is 1. The molecule has 0 aromatic heterocycles. The van der Waals surface area contributed by atoms with Crippen LogP contribution in [0, 0.1) is 15.9 Å². The van der Waals surface area contributed by atoms with Crippen LogP contribution in [-0.4, -0.2) is 39.7 Å². The van der Waals surface area contributed by atoms with E-state index in [1.807, 2.05) is 0 Å². The fourth-order valence-corrected chi connectivity index (χ4v) is 3.20. The standard InChI is InChI=1S/C16H21FN4O4S/c1-15(2,3)25-14(22)18-13-19-16(4,9-26-20(13)5)11-8-10(21(23)24)6-7-12(11)17/h6-8H,9H2,1-5H3,(H,18,19,22)/t16-/m0/s1. The third kappa shape index (κ3) is 4.63. The molecule has 0 aliphatic carbocycles. The monoisotopic (exact) mass is 384 g/mol. The van der Waals surface area contributed by atoms with Crippen LogP contribution in [0.4, 0.5) is 14.9 Å². The van der Waals surface area contributed by atoms with Gasteiger partial charge in [0.1, 0.15) is 11.4 Å². The first-order chi connectivity index (χ1) is 11.9. The molecule has 1 amide bonds. The molecule has 1 saturated heterocycles. The van der Waals surface area contributed by atoms with Gasteiger partial charge in [0, 0.05) is 30.5 Å². The summed E-state index contributed by atoms with van der Waals surface area (Å²) >= 11 is 1.31. The van der Waals surface area contributed by atoms with Crippen molar-refractivity contribution in [2.24, 2.45) is 4.99 Å². The first-order valence-corrected chi connectivity index (χ1v) is 8.76. The number of carbonyl (C=O) groups is 1.